The lowest BCUT2D eigenvalue weighted by molar-refractivity contribution is -0.159. The van der Waals surface area contributed by atoms with Gasteiger partial charge in [0.15, 0.2) is 0 Å². The molecule has 0 spiro atoms. The van der Waals surface area contributed by atoms with Crippen LogP contribution in [0, 0.1) is 5.41 Å². The van der Waals surface area contributed by atoms with Gasteiger partial charge in [-0.1, -0.05) is 35.5 Å². The number of alkyl halides is 3. The molecule has 0 aliphatic carbocycles. The molecule has 1 amide bonds. The number of aromatic nitrogens is 2. The summed E-state index contributed by atoms with van der Waals surface area (Å²) in [7, 11) is 0. The van der Waals surface area contributed by atoms with Crippen LogP contribution in [0.1, 0.15) is 23.2 Å². The van der Waals surface area contributed by atoms with Crippen molar-refractivity contribution in [2.24, 2.45) is 0 Å². The summed E-state index contributed by atoms with van der Waals surface area (Å²) in [6.07, 6.45) is -4.70. The van der Waals surface area contributed by atoms with Gasteiger partial charge in [0.2, 0.25) is 5.82 Å². The summed E-state index contributed by atoms with van der Waals surface area (Å²) < 4.78 is 41.2. The van der Waals surface area contributed by atoms with Crippen molar-refractivity contribution in [1.29, 1.82) is 5.41 Å². The highest BCUT2D eigenvalue weighted by Crippen LogP contribution is 2.29. The highest BCUT2D eigenvalue weighted by Gasteiger charge is 2.38. The molecule has 11 heteroatoms. The summed E-state index contributed by atoms with van der Waals surface area (Å²) in [5, 5.41) is 21.2. The van der Waals surface area contributed by atoms with Crippen molar-refractivity contribution in [1.82, 2.24) is 15.5 Å². The number of amides is 1. The van der Waals surface area contributed by atoms with Crippen LogP contribution in [-0.4, -0.2) is 40.0 Å². The quantitative estimate of drug-likeness (QED) is 0.662. The molecular weight excluding hydrogens is 389 g/mol. The number of aliphatic hydroxyl groups excluding tert-OH is 1. The highest BCUT2D eigenvalue weighted by atomic mass is 35.5. The molecule has 7 nitrogen and oxygen atoms in total. The number of halogens is 4. The van der Waals surface area contributed by atoms with Crippen molar-refractivity contribution in [3.05, 3.63) is 47.3 Å². The van der Waals surface area contributed by atoms with Crippen molar-refractivity contribution < 1.29 is 27.6 Å². The van der Waals surface area contributed by atoms with Crippen LogP contribution in [0.3, 0.4) is 0 Å². The third kappa shape index (κ3) is 7.59. The maximum absolute atomic E-state index is 12.4. The minimum atomic E-state index is -4.70. The van der Waals surface area contributed by atoms with E-state index in [4.69, 9.17) is 22.1 Å². The van der Waals surface area contributed by atoms with Crippen LogP contribution in [-0.2, 0) is 6.18 Å². The Labute approximate surface area is 157 Å². The van der Waals surface area contributed by atoms with Crippen molar-refractivity contribution in [3.63, 3.8) is 0 Å². The predicted octanol–water partition coefficient (Wildman–Crippen LogP) is 3.26. The van der Waals surface area contributed by atoms with Gasteiger partial charge in [0.1, 0.15) is 0 Å². The molecule has 146 valence electrons. The normalized spacial score (nSPS) is 10.6. The smallest absolute Gasteiger partial charge is 0.391 e. The summed E-state index contributed by atoms with van der Waals surface area (Å²) in [5.74, 6) is -2.03. The van der Waals surface area contributed by atoms with E-state index < -0.39 is 12.1 Å². The highest BCUT2D eigenvalue weighted by molar-refractivity contribution is 6.29. The number of carbonyl (C=O) groups excluding carboxylic acids is 1. The maximum atomic E-state index is 12.4. The van der Waals surface area contributed by atoms with E-state index in [1.54, 1.807) is 6.92 Å². The number of benzene rings is 1. The fourth-order valence-electron chi connectivity index (χ4n) is 1.54. The van der Waals surface area contributed by atoms with E-state index in [0.29, 0.717) is 16.8 Å². The second kappa shape index (κ2) is 9.83. The minimum absolute atomic E-state index is 0.123. The van der Waals surface area contributed by atoms with Gasteiger partial charge in [0, 0.05) is 21.9 Å². The first-order valence-electron chi connectivity index (χ1n) is 7.32. The van der Waals surface area contributed by atoms with E-state index in [2.05, 4.69) is 26.6 Å². The molecule has 2 aromatic rings. The summed E-state index contributed by atoms with van der Waals surface area (Å²) in [5.41, 5.74) is 0.903. The minimum Gasteiger partial charge on any atom is -0.391 e. The van der Waals surface area contributed by atoms with Crippen LogP contribution in [0.2, 0.25) is 0 Å². The van der Waals surface area contributed by atoms with Crippen molar-refractivity contribution in [2.75, 3.05) is 13.2 Å². The summed E-state index contributed by atoms with van der Waals surface area (Å²) in [4.78, 5) is 15.0. The fraction of sp³-hybridized carbons (Fsp3) is 0.250. The third-order valence-electron chi connectivity index (χ3n) is 2.76. The second-order valence-electron chi connectivity index (χ2n) is 5.14. The van der Waals surface area contributed by atoms with Crippen molar-refractivity contribution in [3.8, 4) is 11.4 Å². The maximum Gasteiger partial charge on any atom is 0.471 e. The van der Waals surface area contributed by atoms with Gasteiger partial charge in [-0.15, -0.1) is 0 Å². The number of aliphatic hydroxyl groups is 1. The summed E-state index contributed by atoms with van der Waals surface area (Å²) in [6, 6.07) is 5.68. The average molecular weight is 405 g/mol. The largest absolute Gasteiger partial charge is 0.471 e. The zero-order chi connectivity index (χ0) is 20.6. The summed E-state index contributed by atoms with van der Waals surface area (Å²) >= 11 is 5.02. The zero-order valence-corrected chi connectivity index (χ0v) is 14.9. The second-order valence-corrected chi connectivity index (χ2v) is 5.67. The first-order valence-corrected chi connectivity index (χ1v) is 7.70. The first kappa shape index (κ1) is 22.3. The van der Waals surface area contributed by atoms with E-state index >= 15 is 0 Å². The molecule has 27 heavy (non-hydrogen) atoms. The molecule has 0 atom stereocenters. The SMILES string of the molecule is C=C(Cl)CO.CC(=N)CNC(=O)c1ccc(-c2noc(C(F)(F)F)n2)cc1. The zero-order valence-electron chi connectivity index (χ0n) is 14.1. The standard InChI is InChI=1S/C13H11F3N4O2.C3H5ClO/c1-7(17)6-18-11(21)9-4-2-8(3-5-9)10-19-12(22-20-10)13(14,15)16;1-3(4)2-5/h2-5,17H,6H2,1H3,(H,18,21);5H,1-2H2. The molecular formula is C16H16ClF3N4O3. The third-order valence-corrected chi connectivity index (χ3v) is 2.88. The number of rotatable bonds is 5. The molecule has 0 aliphatic heterocycles. The van der Waals surface area contributed by atoms with Crippen LogP contribution in [0.25, 0.3) is 11.4 Å². The molecule has 1 aromatic heterocycles. The molecule has 0 bridgehead atoms. The topological polar surface area (TPSA) is 112 Å². The Hall–Kier alpha value is -2.72. The molecule has 0 saturated carbocycles. The van der Waals surface area contributed by atoms with Gasteiger partial charge in [-0.2, -0.15) is 18.2 Å². The van der Waals surface area contributed by atoms with Crippen LogP contribution in [0.5, 0.6) is 0 Å². The Morgan fingerprint density at radius 2 is 1.93 bits per heavy atom. The molecule has 1 heterocycles. The van der Waals surface area contributed by atoms with Crippen LogP contribution >= 0.6 is 11.6 Å². The van der Waals surface area contributed by atoms with E-state index in [0.717, 1.165) is 0 Å². The molecule has 0 fully saturated rings. The van der Waals surface area contributed by atoms with Gasteiger partial charge >= 0.3 is 12.1 Å². The first-order chi connectivity index (χ1) is 12.5. The molecule has 2 rings (SSSR count). The Morgan fingerprint density at radius 1 is 1.37 bits per heavy atom. The Morgan fingerprint density at radius 3 is 2.33 bits per heavy atom. The lowest BCUT2D eigenvalue weighted by Gasteiger charge is -2.04. The van der Waals surface area contributed by atoms with Crippen LogP contribution in [0.4, 0.5) is 13.2 Å². The molecule has 0 radical (unpaired) electrons. The Kier molecular flexibility index (Phi) is 8.13. The van der Waals surface area contributed by atoms with Crippen LogP contribution < -0.4 is 5.32 Å². The number of nitrogens with zero attached hydrogens (tertiary/aromatic N) is 2. The molecule has 1 aromatic carbocycles. The van der Waals surface area contributed by atoms with Gasteiger partial charge in [0.05, 0.1) is 13.2 Å². The summed E-state index contributed by atoms with van der Waals surface area (Å²) in [6.45, 7) is 4.74. The number of hydrogen-bond donors (Lipinski definition) is 3. The molecule has 0 saturated heterocycles. The Balaban J connectivity index is 0.000000646. The van der Waals surface area contributed by atoms with Gasteiger partial charge < -0.3 is 20.4 Å². The van der Waals surface area contributed by atoms with E-state index in [-0.39, 0.29) is 29.9 Å². The van der Waals surface area contributed by atoms with Crippen molar-refractivity contribution >= 4 is 23.2 Å². The lowest BCUT2D eigenvalue weighted by Crippen LogP contribution is -2.27. The predicted molar refractivity (Wildman–Crippen MR) is 92.5 cm³/mol. The van der Waals surface area contributed by atoms with Gasteiger partial charge in [-0.3, -0.25) is 4.79 Å². The van der Waals surface area contributed by atoms with Gasteiger partial charge in [0.25, 0.3) is 5.91 Å². The molecule has 0 unspecified atom stereocenters. The fourth-order valence-corrected chi connectivity index (χ4v) is 1.54. The Bertz CT molecular complexity index is 804. The van der Waals surface area contributed by atoms with E-state index in [1.807, 2.05) is 0 Å². The van der Waals surface area contributed by atoms with Crippen molar-refractivity contribution in [2.45, 2.75) is 13.1 Å². The van der Waals surface area contributed by atoms with E-state index in [9.17, 15) is 18.0 Å². The lowest BCUT2D eigenvalue weighted by atomic mass is 10.1. The molecule has 0 aliphatic rings. The number of carbonyl (C=O) groups is 1. The van der Waals surface area contributed by atoms with E-state index in [1.165, 1.54) is 24.3 Å². The number of nitrogens with one attached hydrogen (secondary N) is 2. The van der Waals surface area contributed by atoms with Gasteiger partial charge in [-0.05, 0) is 19.1 Å². The van der Waals surface area contributed by atoms with Crippen LogP contribution in [0.15, 0.2) is 40.4 Å². The van der Waals surface area contributed by atoms with Gasteiger partial charge in [-0.25, -0.2) is 0 Å². The molecule has 3 N–H and O–H groups in total. The average Bonchev–Trinajstić information content (AvgIpc) is 3.10. The monoisotopic (exact) mass is 404 g/mol. The number of hydrogen-bond acceptors (Lipinski definition) is 6.